The van der Waals surface area contributed by atoms with Crippen LogP contribution in [0.2, 0.25) is 0 Å². The molecular formula is C17H24N2O5S2. The Kier molecular flexibility index (Phi) is 6.28. The average Bonchev–Trinajstić information content (AvgIpc) is 2.95. The van der Waals surface area contributed by atoms with E-state index in [1.165, 1.54) is 28.6 Å². The van der Waals surface area contributed by atoms with E-state index in [0.29, 0.717) is 18.1 Å². The van der Waals surface area contributed by atoms with Crippen LogP contribution in [0.1, 0.15) is 11.5 Å². The molecule has 0 amide bonds. The second-order valence-electron chi connectivity index (χ2n) is 6.40. The molecule has 0 saturated heterocycles. The predicted molar refractivity (Wildman–Crippen MR) is 99.1 cm³/mol. The van der Waals surface area contributed by atoms with Gasteiger partial charge in [-0.1, -0.05) is 0 Å². The van der Waals surface area contributed by atoms with Gasteiger partial charge in [0.25, 0.3) is 0 Å². The van der Waals surface area contributed by atoms with Crippen LogP contribution in [0, 0.1) is 6.92 Å². The molecule has 0 aliphatic rings. The molecule has 1 heterocycles. The van der Waals surface area contributed by atoms with Gasteiger partial charge in [-0.2, -0.15) is 4.31 Å². The molecule has 0 bridgehead atoms. The van der Waals surface area contributed by atoms with Crippen LogP contribution in [-0.4, -0.2) is 59.5 Å². The third-order valence-corrected chi connectivity index (χ3v) is 6.80. The summed E-state index contributed by atoms with van der Waals surface area (Å²) in [5, 5.41) is 0. The van der Waals surface area contributed by atoms with E-state index >= 15 is 0 Å². The number of hydrogen-bond acceptors (Lipinski definition) is 6. The van der Waals surface area contributed by atoms with Crippen molar-refractivity contribution in [2.45, 2.75) is 23.3 Å². The molecule has 0 atom stereocenters. The largest absolute Gasteiger partial charge is 0.465 e. The Labute approximate surface area is 155 Å². The highest BCUT2D eigenvalue weighted by Gasteiger charge is 2.26. The molecule has 144 valence electrons. The number of benzene rings is 1. The highest BCUT2D eigenvalue weighted by molar-refractivity contribution is 7.90. The van der Waals surface area contributed by atoms with Crippen molar-refractivity contribution in [2.75, 3.05) is 33.4 Å². The SMILES string of the molecule is Cc1ccc(CN(CCN(C)C)S(=O)(=O)c2ccc(S(C)(=O)=O)cc2)o1. The first-order valence-electron chi connectivity index (χ1n) is 8.00. The lowest BCUT2D eigenvalue weighted by atomic mass is 10.4. The smallest absolute Gasteiger partial charge is 0.243 e. The molecule has 0 N–H and O–H groups in total. The molecular weight excluding hydrogens is 376 g/mol. The van der Waals surface area contributed by atoms with E-state index in [-0.39, 0.29) is 22.9 Å². The van der Waals surface area contributed by atoms with Gasteiger partial charge in [0.1, 0.15) is 11.5 Å². The Hall–Kier alpha value is -1.68. The van der Waals surface area contributed by atoms with Crippen molar-refractivity contribution >= 4 is 19.9 Å². The summed E-state index contributed by atoms with van der Waals surface area (Å²) in [7, 11) is -3.45. The lowest BCUT2D eigenvalue weighted by molar-refractivity contribution is 0.310. The zero-order valence-electron chi connectivity index (χ0n) is 15.3. The summed E-state index contributed by atoms with van der Waals surface area (Å²) in [6.07, 6.45) is 1.08. The van der Waals surface area contributed by atoms with Gasteiger partial charge in [0.2, 0.25) is 10.0 Å². The first kappa shape index (κ1) is 20.6. The van der Waals surface area contributed by atoms with Crippen molar-refractivity contribution in [1.82, 2.24) is 9.21 Å². The molecule has 7 nitrogen and oxygen atoms in total. The standard InChI is InChI=1S/C17H24N2O5S2/c1-14-5-6-15(24-14)13-19(12-11-18(2)3)26(22,23)17-9-7-16(8-10-17)25(4,20)21/h5-10H,11-13H2,1-4H3. The van der Waals surface area contributed by atoms with Gasteiger partial charge in [0.05, 0.1) is 16.3 Å². The van der Waals surface area contributed by atoms with E-state index in [0.717, 1.165) is 6.26 Å². The van der Waals surface area contributed by atoms with E-state index < -0.39 is 19.9 Å². The van der Waals surface area contributed by atoms with Crippen molar-refractivity contribution in [2.24, 2.45) is 0 Å². The van der Waals surface area contributed by atoms with Gasteiger partial charge < -0.3 is 9.32 Å². The summed E-state index contributed by atoms with van der Waals surface area (Å²) < 4.78 is 56.1. The molecule has 9 heteroatoms. The molecule has 0 radical (unpaired) electrons. The number of sulfone groups is 1. The Morgan fingerprint density at radius 2 is 1.46 bits per heavy atom. The quantitative estimate of drug-likeness (QED) is 0.671. The second kappa shape index (κ2) is 7.91. The Balaban J connectivity index is 2.34. The minimum absolute atomic E-state index is 0.0481. The summed E-state index contributed by atoms with van der Waals surface area (Å²) in [5.41, 5.74) is 0. The lowest BCUT2D eigenvalue weighted by Gasteiger charge is -2.23. The molecule has 0 aliphatic heterocycles. The van der Waals surface area contributed by atoms with Crippen molar-refractivity contribution in [1.29, 1.82) is 0 Å². The third kappa shape index (κ3) is 5.16. The Morgan fingerprint density at radius 1 is 0.885 bits per heavy atom. The van der Waals surface area contributed by atoms with Gasteiger partial charge in [0, 0.05) is 19.3 Å². The van der Waals surface area contributed by atoms with Crippen molar-refractivity contribution in [3.63, 3.8) is 0 Å². The average molecular weight is 401 g/mol. The molecule has 2 rings (SSSR count). The fraction of sp³-hybridized carbons (Fsp3) is 0.412. The number of sulfonamides is 1. The minimum Gasteiger partial charge on any atom is -0.465 e. The number of aryl methyl sites for hydroxylation is 1. The van der Waals surface area contributed by atoms with Crippen molar-refractivity contribution in [3.8, 4) is 0 Å². The maximum atomic E-state index is 13.0. The van der Waals surface area contributed by atoms with Crippen molar-refractivity contribution in [3.05, 3.63) is 47.9 Å². The van der Waals surface area contributed by atoms with Crippen LogP contribution in [0.4, 0.5) is 0 Å². The summed E-state index contributed by atoms with van der Waals surface area (Å²) >= 11 is 0. The molecule has 2 aromatic rings. The highest BCUT2D eigenvalue weighted by atomic mass is 32.2. The summed E-state index contributed by atoms with van der Waals surface area (Å²) in [5.74, 6) is 1.26. The van der Waals surface area contributed by atoms with E-state index in [2.05, 4.69) is 0 Å². The minimum atomic E-state index is -3.80. The number of hydrogen-bond donors (Lipinski definition) is 0. The molecule has 0 fully saturated rings. The molecule has 1 aromatic carbocycles. The van der Waals surface area contributed by atoms with Gasteiger partial charge in [-0.15, -0.1) is 0 Å². The fourth-order valence-corrected chi connectivity index (χ4v) is 4.38. The van der Waals surface area contributed by atoms with Gasteiger partial charge in [0.15, 0.2) is 9.84 Å². The summed E-state index contributed by atoms with van der Waals surface area (Å²) in [6.45, 7) is 2.73. The number of rotatable bonds is 8. The third-order valence-electron chi connectivity index (χ3n) is 3.81. The molecule has 0 spiro atoms. The zero-order chi connectivity index (χ0) is 19.5. The van der Waals surface area contributed by atoms with Crippen LogP contribution < -0.4 is 0 Å². The molecule has 0 saturated carbocycles. The Morgan fingerprint density at radius 3 is 1.92 bits per heavy atom. The number of nitrogens with zero attached hydrogens (tertiary/aromatic N) is 2. The van der Waals surface area contributed by atoms with Gasteiger partial charge in [-0.05, 0) is 57.4 Å². The maximum Gasteiger partial charge on any atom is 0.243 e. The predicted octanol–water partition coefficient (Wildman–Crippen LogP) is 1.74. The zero-order valence-corrected chi connectivity index (χ0v) is 17.0. The normalized spacial score (nSPS) is 12.8. The van der Waals surface area contributed by atoms with Gasteiger partial charge >= 0.3 is 0 Å². The summed E-state index contributed by atoms with van der Waals surface area (Å²) in [6, 6.07) is 8.80. The lowest BCUT2D eigenvalue weighted by Crippen LogP contribution is -2.36. The second-order valence-corrected chi connectivity index (χ2v) is 10.4. The molecule has 1 aromatic heterocycles. The number of likely N-dealkylation sites (N-methyl/N-ethyl adjacent to an activating group) is 1. The van der Waals surface area contributed by atoms with Crippen LogP contribution in [0.15, 0.2) is 50.6 Å². The van der Waals surface area contributed by atoms with E-state index in [1.54, 1.807) is 19.1 Å². The van der Waals surface area contributed by atoms with Gasteiger partial charge in [-0.25, -0.2) is 16.8 Å². The Bertz CT molecular complexity index is 945. The topological polar surface area (TPSA) is 87.9 Å². The fourth-order valence-electron chi connectivity index (χ4n) is 2.35. The first-order valence-corrected chi connectivity index (χ1v) is 11.3. The molecule has 0 aliphatic carbocycles. The van der Waals surface area contributed by atoms with Crippen molar-refractivity contribution < 1.29 is 21.3 Å². The maximum absolute atomic E-state index is 13.0. The number of furan rings is 1. The van der Waals surface area contributed by atoms with Crippen LogP contribution in [0.3, 0.4) is 0 Å². The van der Waals surface area contributed by atoms with E-state index in [9.17, 15) is 16.8 Å². The highest BCUT2D eigenvalue weighted by Crippen LogP contribution is 2.21. The summed E-state index contributed by atoms with van der Waals surface area (Å²) in [4.78, 5) is 2.02. The van der Waals surface area contributed by atoms with Crippen LogP contribution >= 0.6 is 0 Å². The van der Waals surface area contributed by atoms with Gasteiger partial charge in [-0.3, -0.25) is 0 Å². The first-order chi connectivity index (χ1) is 12.0. The molecule has 0 unspecified atom stereocenters. The van der Waals surface area contributed by atoms with Crippen LogP contribution in [-0.2, 0) is 26.4 Å². The van der Waals surface area contributed by atoms with E-state index in [4.69, 9.17) is 4.42 Å². The monoisotopic (exact) mass is 400 g/mol. The van der Waals surface area contributed by atoms with E-state index in [1.807, 2.05) is 19.0 Å². The molecule has 26 heavy (non-hydrogen) atoms. The van der Waals surface area contributed by atoms with Crippen LogP contribution in [0.5, 0.6) is 0 Å². The van der Waals surface area contributed by atoms with Crippen LogP contribution in [0.25, 0.3) is 0 Å².